The molecule has 0 aliphatic heterocycles. The number of ether oxygens (including phenoxy) is 1. The van der Waals surface area contributed by atoms with Crippen LogP contribution in [0.1, 0.15) is 47.2 Å². The Kier molecular flexibility index (Phi) is 5.62. The second-order valence-corrected chi connectivity index (χ2v) is 6.32. The lowest BCUT2D eigenvalue weighted by Gasteiger charge is -2.12. The van der Waals surface area contributed by atoms with Crippen LogP contribution >= 0.6 is 11.3 Å². The largest absolute Gasteiger partial charge is 0.507 e. The van der Waals surface area contributed by atoms with Gasteiger partial charge in [0.2, 0.25) is 0 Å². The second-order valence-electron chi connectivity index (χ2n) is 5.22. The number of benzene rings is 1. The molecule has 0 aliphatic rings. The van der Waals surface area contributed by atoms with Gasteiger partial charge >= 0.3 is 0 Å². The Morgan fingerprint density at radius 3 is 2.78 bits per heavy atom. The lowest BCUT2D eigenvalue weighted by atomic mass is 10.1. The molecule has 6 nitrogen and oxygen atoms in total. The lowest BCUT2D eigenvalue weighted by molar-refractivity contribution is 0.0652. The zero-order chi connectivity index (χ0) is 17.0. The molecular weight excluding hydrogens is 321 g/mol. The van der Waals surface area contributed by atoms with E-state index in [2.05, 4.69) is 15.5 Å². The minimum absolute atomic E-state index is 0.0866. The summed E-state index contributed by atoms with van der Waals surface area (Å²) in [5.74, 6) is -1.89. The number of phenols is 1. The van der Waals surface area contributed by atoms with Gasteiger partial charge in [-0.2, -0.15) is 0 Å². The van der Waals surface area contributed by atoms with E-state index in [-0.39, 0.29) is 11.7 Å². The first-order valence-electron chi connectivity index (χ1n) is 7.10. The van der Waals surface area contributed by atoms with E-state index < -0.39 is 23.5 Å². The van der Waals surface area contributed by atoms with Crippen LogP contribution in [-0.4, -0.2) is 27.3 Å². The monoisotopic (exact) mass is 339 g/mol. The van der Waals surface area contributed by atoms with Crippen molar-refractivity contribution in [2.45, 2.75) is 39.5 Å². The van der Waals surface area contributed by atoms with Crippen LogP contribution in [0, 0.1) is 5.82 Å². The fourth-order valence-electron chi connectivity index (χ4n) is 1.81. The maximum Gasteiger partial charge on any atom is 0.258 e. The summed E-state index contributed by atoms with van der Waals surface area (Å²) in [7, 11) is 0. The van der Waals surface area contributed by atoms with Crippen LogP contribution in [0.15, 0.2) is 18.2 Å². The molecule has 1 atom stereocenters. The van der Waals surface area contributed by atoms with E-state index in [1.807, 2.05) is 13.8 Å². The van der Waals surface area contributed by atoms with Gasteiger partial charge in [0.25, 0.3) is 5.91 Å². The quantitative estimate of drug-likeness (QED) is 0.845. The summed E-state index contributed by atoms with van der Waals surface area (Å²) in [4.78, 5) is 12.1. The molecule has 0 fully saturated rings. The molecule has 1 amide bonds. The molecular formula is C15H18FN3O3S. The Balaban J connectivity index is 2.04. The van der Waals surface area contributed by atoms with E-state index in [1.165, 1.54) is 23.5 Å². The van der Waals surface area contributed by atoms with Gasteiger partial charge in [-0.3, -0.25) is 4.79 Å². The van der Waals surface area contributed by atoms with Gasteiger partial charge in [-0.1, -0.05) is 17.4 Å². The van der Waals surface area contributed by atoms with Crippen LogP contribution in [0.3, 0.4) is 0 Å². The molecule has 2 rings (SSSR count). The molecule has 1 aromatic heterocycles. The highest BCUT2D eigenvalue weighted by Crippen LogP contribution is 2.23. The molecule has 23 heavy (non-hydrogen) atoms. The van der Waals surface area contributed by atoms with Crippen LogP contribution in [0.2, 0.25) is 0 Å². The lowest BCUT2D eigenvalue weighted by Crippen LogP contribution is -2.27. The minimum Gasteiger partial charge on any atom is -0.507 e. The SMILES string of the molecule is CC(C)OCc1nnc(C(C)NC(=O)c2c(O)cccc2F)s1. The normalized spacial score (nSPS) is 12.4. The van der Waals surface area contributed by atoms with Crippen LogP contribution < -0.4 is 5.32 Å². The van der Waals surface area contributed by atoms with Crippen molar-refractivity contribution in [1.29, 1.82) is 0 Å². The Bertz CT molecular complexity index is 670. The summed E-state index contributed by atoms with van der Waals surface area (Å²) < 4.78 is 19.1. The number of hydrogen-bond donors (Lipinski definition) is 2. The van der Waals surface area contributed by atoms with Gasteiger partial charge in [0.05, 0.1) is 12.1 Å². The van der Waals surface area contributed by atoms with Crippen molar-refractivity contribution in [2.75, 3.05) is 0 Å². The molecule has 2 N–H and O–H groups in total. The van der Waals surface area contributed by atoms with Gasteiger partial charge in [0.1, 0.15) is 33.8 Å². The Hall–Kier alpha value is -2.06. The molecule has 0 spiro atoms. The van der Waals surface area contributed by atoms with Crippen molar-refractivity contribution < 1.29 is 19.0 Å². The van der Waals surface area contributed by atoms with Gasteiger partial charge in [-0.25, -0.2) is 4.39 Å². The van der Waals surface area contributed by atoms with E-state index in [4.69, 9.17) is 4.74 Å². The number of aromatic nitrogens is 2. The van der Waals surface area contributed by atoms with Crippen LogP contribution in [-0.2, 0) is 11.3 Å². The van der Waals surface area contributed by atoms with E-state index in [0.29, 0.717) is 16.6 Å². The first-order valence-corrected chi connectivity index (χ1v) is 7.92. The van der Waals surface area contributed by atoms with E-state index in [1.54, 1.807) is 6.92 Å². The number of hydrogen-bond acceptors (Lipinski definition) is 6. The zero-order valence-corrected chi connectivity index (χ0v) is 13.9. The van der Waals surface area contributed by atoms with Crippen molar-refractivity contribution in [3.8, 4) is 5.75 Å². The Morgan fingerprint density at radius 2 is 2.13 bits per heavy atom. The molecule has 0 radical (unpaired) electrons. The van der Waals surface area contributed by atoms with Crippen LogP contribution in [0.4, 0.5) is 4.39 Å². The van der Waals surface area contributed by atoms with Crippen LogP contribution in [0.25, 0.3) is 0 Å². The number of nitrogens with one attached hydrogen (secondary N) is 1. The summed E-state index contributed by atoms with van der Waals surface area (Å²) in [6.45, 7) is 5.91. The van der Waals surface area contributed by atoms with Crippen molar-refractivity contribution in [2.24, 2.45) is 0 Å². The second kappa shape index (κ2) is 7.47. The van der Waals surface area contributed by atoms with E-state index in [0.717, 1.165) is 6.07 Å². The van der Waals surface area contributed by atoms with E-state index in [9.17, 15) is 14.3 Å². The van der Waals surface area contributed by atoms with Crippen molar-refractivity contribution in [3.05, 3.63) is 39.6 Å². The molecule has 1 unspecified atom stereocenters. The maximum absolute atomic E-state index is 13.7. The van der Waals surface area contributed by atoms with Crippen molar-refractivity contribution in [1.82, 2.24) is 15.5 Å². The number of nitrogens with zero attached hydrogens (tertiary/aromatic N) is 2. The summed E-state index contributed by atoms with van der Waals surface area (Å²) >= 11 is 1.31. The fourth-order valence-corrected chi connectivity index (χ4v) is 2.57. The third-order valence-corrected chi connectivity index (χ3v) is 4.04. The number of carbonyl (C=O) groups is 1. The first kappa shape index (κ1) is 17.3. The Morgan fingerprint density at radius 1 is 1.39 bits per heavy atom. The van der Waals surface area contributed by atoms with Gasteiger partial charge in [-0.15, -0.1) is 10.2 Å². The van der Waals surface area contributed by atoms with E-state index >= 15 is 0 Å². The highest BCUT2D eigenvalue weighted by molar-refractivity contribution is 7.11. The van der Waals surface area contributed by atoms with Gasteiger partial charge < -0.3 is 15.2 Å². The number of carbonyl (C=O) groups excluding carboxylic acids is 1. The molecule has 0 aliphatic carbocycles. The highest BCUT2D eigenvalue weighted by Gasteiger charge is 2.20. The molecule has 0 bridgehead atoms. The van der Waals surface area contributed by atoms with Gasteiger partial charge in [-0.05, 0) is 32.9 Å². The maximum atomic E-state index is 13.7. The topological polar surface area (TPSA) is 84.3 Å². The van der Waals surface area contributed by atoms with Gasteiger partial charge in [0, 0.05) is 0 Å². The third kappa shape index (κ3) is 4.46. The van der Waals surface area contributed by atoms with Crippen LogP contribution in [0.5, 0.6) is 5.75 Å². The summed E-state index contributed by atoms with van der Waals surface area (Å²) in [6, 6.07) is 3.24. The minimum atomic E-state index is -0.780. The van der Waals surface area contributed by atoms with Crippen molar-refractivity contribution >= 4 is 17.2 Å². The summed E-state index contributed by atoms with van der Waals surface area (Å²) in [5, 5.41) is 21.5. The number of halogens is 1. The predicted octanol–water partition coefficient (Wildman–Crippen LogP) is 2.80. The molecule has 2 aromatic rings. The standard InChI is InChI=1S/C15H18FN3O3S/c1-8(2)22-7-12-18-19-15(23-12)9(3)17-14(21)13-10(16)5-4-6-11(13)20/h4-6,8-9,20H,7H2,1-3H3,(H,17,21). The highest BCUT2D eigenvalue weighted by atomic mass is 32.1. The molecule has 1 heterocycles. The summed E-state index contributed by atoms with van der Waals surface area (Å²) in [5.41, 5.74) is -0.382. The predicted molar refractivity (Wildman–Crippen MR) is 83.8 cm³/mol. The molecule has 0 saturated carbocycles. The summed E-state index contributed by atoms with van der Waals surface area (Å²) in [6.07, 6.45) is 0.0866. The van der Waals surface area contributed by atoms with Crippen molar-refractivity contribution in [3.63, 3.8) is 0 Å². The number of phenolic OH excluding ortho intramolecular Hbond substituents is 1. The Labute approximate surface area is 137 Å². The first-order chi connectivity index (χ1) is 10.9. The average Bonchev–Trinajstić information content (AvgIpc) is 2.93. The molecule has 0 saturated heterocycles. The molecule has 1 aromatic carbocycles. The third-order valence-electron chi connectivity index (χ3n) is 2.96. The molecule has 124 valence electrons. The molecule has 8 heteroatoms. The number of amides is 1. The smallest absolute Gasteiger partial charge is 0.258 e. The zero-order valence-electron chi connectivity index (χ0n) is 13.0. The van der Waals surface area contributed by atoms with Gasteiger partial charge in [0.15, 0.2) is 0 Å². The number of aromatic hydroxyl groups is 1. The fraction of sp³-hybridized carbons (Fsp3) is 0.400. The number of rotatable bonds is 6. The average molecular weight is 339 g/mol.